The van der Waals surface area contributed by atoms with Gasteiger partial charge in [-0.3, -0.25) is 0 Å². The second-order valence-electron chi connectivity index (χ2n) is 4.56. The van der Waals surface area contributed by atoms with Crippen LogP contribution in [-0.2, 0) is 0 Å². The molecule has 0 spiro atoms. The SMILES string of the molecule is COc1ccc(Br)cc1-c1csc(C2CCCN2)n1. The van der Waals surface area contributed by atoms with Crippen LogP contribution in [0.1, 0.15) is 23.9 Å². The van der Waals surface area contributed by atoms with Crippen molar-refractivity contribution in [2.24, 2.45) is 0 Å². The van der Waals surface area contributed by atoms with Crippen molar-refractivity contribution in [3.8, 4) is 17.0 Å². The van der Waals surface area contributed by atoms with Gasteiger partial charge in [-0.2, -0.15) is 0 Å². The Hall–Kier alpha value is -0.910. The molecule has 1 atom stereocenters. The number of hydrogen-bond acceptors (Lipinski definition) is 4. The first-order chi connectivity index (χ1) is 9.28. The molecule has 1 aromatic carbocycles. The molecule has 5 heteroatoms. The molecule has 1 saturated heterocycles. The first kappa shape index (κ1) is 13.1. The quantitative estimate of drug-likeness (QED) is 0.918. The summed E-state index contributed by atoms with van der Waals surface area (Å²) in [6.07, 6.45) is 2.42. The highest BCUT2D eigenvalue weighted by atomic mass is 79.9. The van der Waals surface area contributed by atoms with Crippen LogP contribution in [0.3, 0.4) is 0 Å². The summed E-state index contributed by atoms with van der Waals surface area (Å²) in [5, 5.41) is 6.77. The van der Waals surface area contributed by atoms with E-state index in [1.54, 1.807) is 18.4 Å². The van der Waals surface area contributed by atoms with Gasteiger partial charge in [0.25, 0.3) is 0 Å². The van der Waals surface area contributed by atoms with Crippen molar-refractivity contribution in [1.29, 1.82) is 0 Å². The molecule has 19 heavy (non-hydrogen) atoms. The Balaban J connectivity index is 1.95. The maximum absolute atomic E-state index is 5.42. The predicted molar refractivity (Wildman–Crippen MR) is 81.8 cm³/mol. The van der Waals surface area contributed by atoms with E-state index in [0.29, 0.717) is 6.04 Å². The number of aromatic nitrogens is 1. The van der Waals surface area contributed by atoms with Gasteiger partial charge in [-0.15, -0.1) is 11.3 Å². The van der Waals surface area contributed by atoms with Crippen LogP contribution >= 0.6 is 27.3 Å². The molecule has 1 aliphatic rings. The molecule has 0 bridgehead atoms. The molecule has 0 saturated carbocycles. The summed E-state index contributed by atoms with van der Waals surface area (Å²) in [6, 6.07) is 6.43. The van der Waals surface area contributed by atoms with Gasteiger partial charge in [0.15, 0.2) is 0 Å². The monoisotopic (exact) mass is 338 g/mol. The van der Waals surface area contributed by atoms with Gasteiger partial charge in [0.1, 0.15) is 10.8 Å². The number of nitrogens with zero attached hydrogens (tertiary/aromatic N) is 1. The number of rotatable bonds is 3. The summed E-state index contributed by atoms with van der Waals surface area (Å²) < 4.78 is 6.46. The molecule has 1 N–H and O–H groups in total. The van der Waals surface area contributed by atoms with E-state index in [1.165, 1.54) is 17.8 Å². The van der Waals surface area contributed by atoms with Crippen molar-refractivity contribution in [2.45, 2.75) is 18.9 Å². The number of methoxy groups -OCH3 is 1. The van der Waals surface area contributed by atoms with Crippen LogP contribution in [0.15, 0.2) is 28.1 Å². The smallest absolute Gasteiger partial charge is 0.128 e. The average Bonchev–Trinajstić information content (AvgIpc) is 3.09. The molecule has 1 aromatic heterocycles. The summed E-state index contributed by atoms with van der Waals surface area (Å²) in [5.41, 5.74) is 2.03. The topological polar surface area (TPSA) is 34.1 Å². The van der Waals surface area contributed by atoms with Crippen molar-refractivity contribution >= 4 is 27.3 Å². The minimum atomic E-state index is 0.428. The molecule has 0 radical (unpaired) electrons. The number of ether oxygens (including phenoxy) is 1. The molecule has 100 valence electrons. The van der Waals surface area contributed by atoms with E-state index in [2.05, 4.69) is 32.7 Å². The lowest BCUT2D eigenvalue weighted by molar-refractivity contribution is 0.416. The van der Waals surface area contributed by atoms with Crippen molar-refractivity contribution in [3.63, 3.8) is 0 Å². The Kier molecular flexibility index (Phi) is 3.86. The van der Waals surface area contributed by atoms with E-state index in [-0.39, 0.29) is 0 Å². The zero-order valence-electron chi connectivity index (χ0n) is 10.6. The van der Waals surface area contributed by atoms with Crippen molar-refractivity contribution in [1.82, 2.24) is 10.3 Å². The Morgan fingerprint density at radius 3 is 3.11 bits per heavy atom. The Morgan fingerprint density at radius 1 is 1.47 bits per heavy atom. The maximum atomic E-state index is 5.42. The largest absolute Gasteiger partial charge is 0.496 e. The molecule has 3 nitrogen and oxygen atoms in total. The van der Waals surface area contributed by atoms with Crippen molar-refractivity contribution in [3.05, 3.63) is 33.1 Å². The number of thiazole rings is 1. The van der Waals surface area contributed by atoms with Crippen LogP contribution < -0.4 is 10.1 Å². The molecule has 3 rings (SSSR count). The molecular weight excluding hydrogens is 324 g/mol. The van der Waals surface area contributed by atoms with Crippen LogP contribution in [0.5, 0.6) is 5.75 Å². The van der Waals surface area contributed by atoms with Gasteiger partial charge in [-0.1, -0.05) is 15.9 Å². The number of benzene rings is 1. The van der Waals surface area contributed by atoms with Crippen molar-refractivity contribution in [2.75, 3.05) is 13.7 Å². The number of halogens is 1. The fraction of sp³-hybridized carbons (Fsp3) is 0.357. The summed E-state index contributed by atoms with van der Waals surface area (Å²) in [6.45, 7) is 1.10. The van der Waals surface area contributed by atoms with E-state index < -0.39 is 0 Å². The predicted octanol–water partition coefficient (Wildman–Crippen LogP) is 4.01. The van der Waals surface area contributed by atoms with Crippen LogP contribution in [0.2, 0.25) is 0 Å². The van der Waals surface area contributed by atoms with Crippen LogP contribution in [0, 0.1) is 0 Å². The molecule has 1 fully saturated rings. The first-order valence-corrected chi connectivity index (χ1v) is 7.98. The zero-order chi connectivity index (χ0) is 13.2. The summed E-state index contributed by atoms with van der Waals surface area (Å²) in [7, 11) is 1.69. The lowest BCUT2D eigenvalue weighted by atomic mass is 10.1. The third kappa shape index (κ3) is 2.68. The third-order valence-electron chi connectivity index (χ3n) is 3.32. The van der Waals surface area contributed by atoms with Gasteiger partial charge in [0, 0.05) is 15.4 Å². The number of nitrogens with one attached hydrogen (secondary N) is 1. The lowest BCUT2D eigenvalue weighted by Gasteiger charge is -2.07. The Bertz CT molecular complexity index is 579. The summed E-state index contributed by atoms with van der Waals surface area (Å²) in [5.74, 6) is 0.861. The van der Waals surface area contributed by atoms with Gasteiger partial charge in [-0.25, -0.2) is 4.98 Å². The molecule has 1 aliphatic heterocycles. The van der Waals surface area contributed by atoms with Crippen LogP contribution in [0.25, 0.3) is 11.3 Å². The maximum Gasteiger partial charge on any atom is 0.128 e. The molecule has 1 unspecified atom stereocenters. The number of hydrogen-bond donors (Lipinski definition) is 1. The second kappa shape index (κ2) is 5.61. The van der Waals surface area contributed by atoms with E-state index in [0.717, 1.165) is 28.0 Å². The molecule has 2 aromatic rings. The van der Waals surface area contributed by atoms with Gasteiger partial charge < -0.3 is 10.1 Å². The fourth-order valence-electron chi connectivity index (χ4n) is 2.35. The van der Waals surface area contributed by atoms with Gasteiger partial charge in [0.05, 0.1) is 18.8 Å². The fourth-order valence-corrected chi connectivity index (χ4v) is 3.64. The van der Waals surface area contributed by atoms with Crippen LogP contribution in [-0.4, -0.2) is 18.6 Å². The van der Waals surface area contributed by atoms with Gasteiger partial charge >= 0.3 is 0 Å². The van der Waals surface area contributed by atoms with Crippen molar-refractivity contribution < 1.29 is 4.74 Å². The molecule has 2 heterocycles. The first-order valence-electron chi connectivity index (χ1n) is 6.30. The highest BCUT2D eigenvalue weighted by Gasteiger charge is 2.20. The second-order valence-corrected chi connectivity index (χ2v) is 6.37. The Morgan fingerprint density at radius 2 is 2.37 bits per heavy atom. The highest BCUT2D eigenvalue weighted by Crippen LogP contribution is 2.35. The minimum Gasteiger partial charge on any atom is -0.496 e. The normalized spacial score (nSPS) is 18.7. The van der Waals surface area contributed by atoms with E-state index in [1.807, 2.05) is 12.1 Å². The summed E-state index contributed by atoms with van der Waals surface area (Å²) >= 11 is 5.23. The van der Waals surface area contributed by atoms with Gasteiger partial charge in [-0.05, 0) is 37.6 Å². The highest BCUT2D eigenvalue weighted by molar-refractivity contribution is 9.10. The zero-order valence-corrected chi connectivity index (χ0v) is 13.1. The summed E-state index contributed by atoms with van der Waals surface area (Å²) in [4.78, 5) is 4.77. The van der Waals surface area contributed by atoms with Crippen LogP contribution in [0.4, 0.5) is 0 Å². The average molecular weight is 339 g/mol. The van der Waals surface area contributed by atoms with E-state index in [4.69, 9.17) is 9.72 Å². The lowest BCUT2D eigenvalue weighted by Crippen LogP contribution is -2.12. The standard InChI is InChI=1S/C14H15BrN2OS/c1-18-13-5-4-9(15)7-10(13)12-8-19-14(17-12)11-3-2-6-16-11/h4-5,7-8,11,16H,2-3,6H2,1H3. The third-order valence-corrected chi connectivity index (χ3v) is 4.77. The van der Waals surface area contributed by atoms with Gasteiger partial charge in [0.2, 0.25) is 0 Å². The van der Waals surface area contributed by atoms with E-state index >= 15 is 0 Å². The molecular formula is C14H15BrN2OS. The molecule has 0 aliphatic carbocycles. The van der Waals surface area contributed by atoms with E-state index in [9.17, 15) is 0 Å². The minimum absolute atomic E-state index is 0.428. The Labute approximate surface area is 125 Å². The molecule has 0 amide bonds.